The Bertz CT molecular complexity index is 1530. The Morgan fingerprint density at radius 3 is 2.43 bits per heavy atom. The number of hydrogen-bond donors (Lipinski definition) is 0. The van der Waals surface area contributed by atoms with Crippen LogP contribution in [0.5, 0.6) is 5.75 Å². The van der Waals surface area contributed by atoms with Crippen LogP contribution in [-0.4, -0.2) is 34.6 Å². The fourth-order valence-electron chi connectivity index (χ4n) is 4.21. The third kappa shape index (κ3) is 5.52. The van der Waals surface area contributed by atoms with Gasteiger partial charge in [-0.25, -0.2) is 9.36 Å². The Morgan fingerprint density at radius 1 is 1.03 bits per heavy atom. The van der Waals surface area contributed by atoms with Crippen LogP contribution in [0.3, 0.4) is 0 Å². The summed E-state index contributed by atoms with van der Waals surface area (Å²) in [6.45, 7) is 6.29. The van der Waals surface area contributed by atoms with Crippen molar-refractivity contribution in [2.75, 3.05) is 19.5 Å². The van der Waals surface area contributed by atoms with Gasteiger partial charge in [0.2, 0.25) is 0 Å². The predicted molar refractivity (Wildman–Crippen MR) is 150 cm³/mol. The first-order chi connectivity index (χ1) is 17.9. The summed E-state index contributed by atoms with van der Waals surface area (Å²) < 4.78 is 13.4. The lowest BCUT2D eigenvalue weighted by molar-refractivity contribution is -0.143. The Hall–Kier alpha value is -3.30. The molecular formula is C28H30N2O5S2. The number of thioether (sulfide) groups is 1. The molecule has 9 heteroatoms. The summed E-state index contributed by atoms with van der Waals surface area (Å²) >= 11 is 3.01. The maximum atomic E-state index is 13.7. The molecule has 0 aliphatic carbocycles. The summed E-state index contributed by atoms with van der Waals surface area (Å²) in [6.07, 6.45) is 2.91. The Kier molecular flexibility index (Phi) is 8.56. The number of esters is 1. The van der Waals surface area contributed by atoms with E-state index in [1.54, 1.807) is 23.3 Å². The highest BCUT2D eigenvalue weighted by molar-refractivity contribution is 7.98. The van der Waals surface area contributed by atoms with Crippen molar-refractivity contribution in [1.29, 1.82) is 0 Å². The molecule has 0 N–H and O–H groups in total. The molecule has 0 saturated carbocycles. The summed E-state index contributed by atoms with van der Waals surface area (Å²) in [5, 5.41) is 0.442. The number of aryl methyl sites for hydroxylation is 1. The molecule has 7 nitrogen and oxygen atoms in total. The first kappa shape index (κ1) is 26.8. The van der Waals surface area contributed by atoms with Gasteiger partial charge in [-0.3, -0.25) is 14.2 Å². The second-order valence-electron chi connectivity index (χ2n) is 8.49. The molecule has 2 aromatic carbocycles. The fourth-order valence-corrected chi connectivity index (χ4v) is 6.12. The molecule has 0 atom stereocenters. The zero-order valence-electron chi connectivity index (χ0n) is 21.4. The Morgan fingerprint density at radius 2 is 1.76 bits per heavy atom. The molecule has 0 bridgehead atoms. The number of fused-ring (bicyclic) bond motifs is 1. The van der Waals surface area contributed by atoms with Crippen molar-refractivity contribution in [3.05, 3.63) is 80.5 Å². The largest absolute Gasteiger partial charge is 0.494 e. The van der Waals surface area contributed by atoms with Gasteiger partial charge < -0.3 is 9.47 Å². The van der Waals surface area contributed by atoms with E-state index in [1.807, 2.05) is 61.7 Å². The first-order valence-corrected chi connectivity index (χ1v) is 14.2. The highest BCUT2D eigenvalue weighted by Gasteiger charge is 2.22. The molecule has 0 unspecified atom stereocenters. The van der Waals surface area contributed by atoms with Crippen LogP contribution < -0.4 is 16.0 Å². The van der Waals surface area contributed by atoms with Crippen LogP contribution in [0.15, 0.2) is 63.0 Å². The number of nitrogens with zero attached hydrogens (tertiary/aromatic N) is 2. The van der Waals surface area contributed by atoms with Gasteiger partial charge in [0.1, 0.15) is 17.1 Å². The molecule has 2 aromatic heterocycles. The van der Waals surface area contributed by atoms with Crippen LogP contribution >= 0.6 is 23.1 Å². The van der Waals surface area contributed by atoms with E-state index in [1.165, 1.54) is 11.3 Å². The van der Waals surface area contributed by atoms with Gasteiger partial charge in [0.05, 0.1) is 25.1 Å². The van der Waals surface area contributed by atoms with Crippen molar-refractivity contribution >= 4 is 39.3 Å². The molecule has 0 amide bonds. The third-order valence-corrected chi connectivity index (χ3v) is 8.20. The fraction of sp³-hybridized carbons (Fsp3) is 0.321. The minimum absolute atomic E-state index is 0.171. The van der Waals surface area contributed by atoms with Crippen LogP contribution in [0.2, 0.25) is 0 Å². The van der Waals surface area contributed by atoms with Gasteiger partial charge in [0.25, 0.3) is 5.56 Å². The molecule has 0 saturated heterocycles. The molecule has 0 aliphatic rings. The van der Waals surface area contributed by atoms with Crippen molar-refractivity contribution in [2.45, 2.75) is 45.2 Å². The molecular weight excluding hydrogens is 508 g/mol. The van der Waals surface area contributed by atoms with Crippen molar-refractivity contribution < 1.29 is 14.3 Å². The van der Waals surface area contributed by atoms with E-state index in [9.17, 15) is 14.4 Å². The number of aromatic nitrogens is 2. The Balaban J connectivity index is 1.92. The van der Waals surface area contributed by atoms with Crippen molar-refractivity contribution in [2.24, 2.45) is 0 Å². The minimum atomic E-state index is -0.618. The van der Waals surface area contributed by atoms with Gasteiger partial charge in [-0.15, -0.1) is 23.1 Å². The summed E-state index contributed by atoms with van der Waals surface area (Å²) in [4.78, 5) is 42.1. The van der Waals surface area contributed by atoms with E-state index in [0.717, 1.165) is 43.2 Å². The molecule has 2 heterocycles. The second-order valence-corrected chi connectivity index (χ2v) is 10.3. The van der Waals surface area contributed by atoms with E-state index in [2.05, 4.69) is 6.92 Å². The maximum absolute atomic E-state index is 13.7. The van der Waals surface area contributed by atoms with E-state index in [4.69, 9.17) is 9.47 Å². The number of hydrogen-bond acceptors (Lipinski definition) is 7. The van der Waals surface area contributed by atoms with Crippen LogP contribution in [0.25, 0.3) is 20.7 Å². The zero-order valence-corrected chi connectivity index (χ0v) is 23.0. The third-order valence-electron chi connectivity index (χ3n) is 6.00. The lowest BCUT2D eigenvalue weighted by atomic mass is 10.1. The van der Waals surface area contributed by atoms with E-state index in [-0.39, 0.29) is 13.2 Å². The summed E-state index contributed by atoms with van der Waals surface area (Å²) in [7, 11) is 0. The smallest absolute Gasteiger partial charge is 0.332 e. The average Bonchev–Trinajstić information content (AvgIpc) is 3.25. The summed E-state index contributed by atoms with van der Waals surface area (Å²) in [5.41, 5.74) is 1.66. The topological polar surface area (TPSA) is 79.5 Å². The zero-order chi connectivity index (χ0) is 26.5. The van der Waals surface area contributed by atoms with Crippen molar-refractivity contribution in [3.8, 4) is 16.2 Å². The molecule has 0 fully saturated rings. The Labute approximate surface area is 223 Å². The quantitative estimate of drug-likeness (QED) is 0.201. The molecule has 4 rings (SSSR count). The SMILES string of the molecule is CCCOc1ccc(-c2sc3c(c2C)c(=O)n(CC(=O)OCC)c(=O)n3Cc2ccccc2SC)cc1. The standard InChI is InChI=1S/C28H30N2O5S2/c1-5-15-35-21-13-11-19(12-14-21)25-18(3)24-26(32)29(17-23(31)34-6-2)28(33)30(27(24)37-25)16-20-9-7-8-10-22(20)36-4/h7-14H,5-6,15-17H2,1-4H3. The van der Waals surface area contributed by atoms with Crippen LogP contribution in [0, 0.1) is 6.92 Å². The van der Waals surface area contributed by atoms with Crippen LogP contribution in [0.4, 0.5) is 0 Å². The van der Waals surface area contributed by atoms with Gasteiger partial charge >= 0.3 is 11.7 Å². The van der Waals surface area contributed by atoms with Gasteiger partial charge in [-0.1, -0.05) is 25.1 Å². The number of thiophene rings is 1. The van der Waals surface area contributed by atoms with E-state index >= 15 is 0 Å². The van der Waals surface area contributed by atoms with Gasteiger partial charge in [0, 0.05) is 9.77 Å². The average molecular weight is 539 g/mol. The molecule has 0 radical (unpaired) electrons. The number of carbonyl (C=O) groups is 1. The minimum Gasteiger partial charge on any atom is -0.494 e. The normalized spacial score (nSPS) is 11.1. The van der Waals surface area contributed by atoms with Crippen LogP contribution in [0.1, 0.15) is 31.4 Å². The van der Waals surface area contributed by atoms with E-state index in [0.29, 0.717) is 16.8 Å². The molecule has 194 valence electrons. The maximum Gasteiger partial charge on any atom is 0.332 e. The summed E-state index contributed by atoms with van der Waals surface area (Å²) in [6, 6.07) is 15.6. The number of benzene rings is 2. The molecule has 0 spiro atoms. The number of rotatable bonds is 10. The highest BCUT2D eigenvalue weighted by atomic mass is 32.2. The molecule has 0 aliphatic heterocycles. The van der Waals surface area contributed by atoms with Gasteiger partial charge in [0.15, 0.2) is 0 Å². The lowest BCUT2D eigenvalue weighted by Gasteiger charge is -2.13. The second kappa shape index (κ2) is 11.8. The van der Waals surface area contributed by atoms with Crippen LogP contribution in [-0.2, 0) is 22.6 Å². The number of carbonyl (C=O) groups excluding carboxylic acids is 1. The highest BCUT2D eigenvalue weighted by Crippen LogP contribution is 2.37. The van der Waals surface area contributed by atoms with E-state index < -0.39 is 23.8 Å². The summed E-state index contributed by atoms with van der Waals surface area (Å²) in [5.74, 6) is 0.166. The first-order valence-electron chi connectivity index (χ1n) is 12.2. The van der Waals surface area contributed by atoms with Crippen molar-refractivity contribution in [3.63, 3.8) is 0 Å². The monoisotopic (exact) mass is 538 g/mol. The van der Waals surface area contributed by atoms with Gasteiger partial charge in [-0.2, -0.15) is 0 Å². The molecule has 37 heavy (non-hydrogen) atoms. The van der Waals surface area contributed by atoms with Crippen molar-refractivity contribution in [1.82, 2.24) is 9.13 Å². The van der Waals surface area contributed by atoms with Gasteiger partial charge in [-0.05, 0) is 73.5 Å². The lowest BCUT2D eigenvalue weighted by Crippen LogP contribution is -2.42. The molecule has 4 aromatic rings. The predicted octanol–water partition coefficient (Wildman–Crippen LogP) is 5.32. The number of ether oxygens (including phenoxy) is 2.